The summed E-state index contributed by atoms with van der Waals surface area (Å²) in [4.78, 5) is 2.20. The first-order chi connectivity index (χ1) is 9.62. The van der Waals surface area contributed by atoms with Gasteiger partial charge < -0.3 is 4.74 Å². The van der Waals surface area contributed by atoms with Crippen molar-refractivity contribution in [3.05, 3.63) is 34.7 Å². The Bertz CT molecular complexity index is 629. The van der Waals surface area contributed by atoms with Gasteiger partial charge in [0.15, 0.2) is 0 Å². The second-order valence-corrected chi connectivity index (χ2v) is 5.48. The van der Waals surface area contributed by atoms with E-state index in [0.29, 0.717) is 32.0 Å². The van der Waals surface area contributed by atoms with Gasteiger partial charge in [0.05, 0.1) is 36.9 Å². The van der Waals surface area contributed by atoms with Crippen molar-refractivity contribution in [3.8, 4) is 0 Å². The van der Waals surface area contributed by atoms with E-state index in [-0.39, 0.29) is 4.90 Å². The largest absolute Gasteiger partial charge is 0.378 e. The minimum atomic E-state index is -3.95. The molecule has 0 aliphatic carbocycles. The van der Waals surface area contributed by atoms with Crippen LogP contribution in [0.2, 0.25) is 0 Å². The average Bonchev–Trinajstić information content (AvgIpc) is 2.47. The van der Waals surface area contributed by atoms with Crippen LogP contribution in [0.4, 0.5) is 5.69 Å². The predicted octanol–water partition coefficient (Wildman–Crippen LogP) is 2.02. The third-order valence-electron chi connectivity index (χ3n) is 2.55. The Morgan fingerprint density at radius 3 is 2.45 bits per heavy atom. The van der Waals surface area contributed by atoms with Crippen molar-refractivity contribution in [1.29, 1.82) is 0 Å². The minimum absolute atomic E-state index is 0.0828. The van der Waals surface area contributed by atoms with E-state index < -0.39 is 10.0 Å². The molecule has 1 fully saturated rings. The first kappa shape index (κ1) is 14.3. The maximum absolute atomic E-state index is 11.5. The second-order valence-electron chi connectivity index (χ2n) is 3.90. The monoisotopic (exact) mass is 296 g/mol. The summed E-state index contributed by atoms with van der Waals surface area (Å²) in [5.74, 6) is 0. The molecule has 1 saturated heterocycles. The molecular weight excluding hydrogens is 284 g/mol. The smallest absolute Gasteiger partial charge is 0.264 e. The van der Waals surface area contributed by atoms with Crippen molar-refractivity contribution in [3.63, 3.8) is 0 Å². The summed E-state index contributed by atoms with van der Waals surface area (Å²) >= 11 is 0. The van der Waals surface area contributed by atoms with E-state index >= 15 is 0 Å². The van der Waals surface area contributed by atoms with Gasteiger partial charge in [0.1, 0.15) is 0 Å². The fourth-order valence-electron chi connectivity index (χ4n) is 1.54. The molecule has 0 bridgehead atoms. The highest BCUT2D eigenvalue weighted by Crippen LogP contribution is 2.19. The molecule has 1 heterocycles. The van der Waals surface area contributed by atoms with Crippen LogP contribution in [0.15, 0.2) is 44.0 Å². The van der Waals surface area contributed by atoms with Crippen LogP contribution in [0.5, 0.6) is 0 Å². The molecule has 0 radical (unpaired) electrons. The molecule has 1 aliphatic heterocycles. The lowest BCUT2D eigenvalue weighted by Gasteiger charge is -2.22. The van der Waals surface area contributed by atoms with Gasteiger partial charge in [-0.3, -0.25) is 5.01 Å². The standard InChI is InChI=1S/C10H12N6O3S/c11-13-15-20(17,18)10-3-1-9(2-4-10)12-14-16-5-7-19-8-6-16/h1-4H,5-8H2. The van der Waals surface area contributed by atoms with E-state index in [4.69, 9.17) is 10.3 Å². The zero-order valence-electron chi connectivity index (χ0n) is 10.5. The van der Waals surface area contributed by atoms with Crippen molar-refractivity contribution >= 4 is 15.7 Å². The van der Waals surface area contributed by atoms with Crippen molar-refractivity contribution in [2.45, 2.75) is 4.90 Å². The summed E-state index contributed by atoms with van der Waals surface area (Å²) in [6, 6.07) is 5.61. The Morgan fingerprint density at radius 1 is 1.20 bits per heavy atom. The number of morpholine rings is 1. The first-order valence-corrected chi connectivity index (χ1v) is 7.21. The van der Waals surface area contributed by atoms with Crippen LogP contribution in [-0.2, 0) is 14.8 Å². The summed E-state index contributed by atoms with van der Waals surface area (Å²) in [6.45, 7) is 2.57. The Morgan fingerprint density at radius 2 is 1.85 bits per heavy atom. The van der Waals surface area contributed by atoms with E-state index in [1.807, 2.05) is 0 Å². The van der Waals surface area contributed by atoms with Crippen LogP contribution in [0.3, 0.4) is 0 Å². The number of azide groups is 1. The molecule has 0 amide bonds. The van der Waals surface area contributed by atoms with E-state index in [1.165, 1.54) is 24.3 Å². The van der Waals surface area contributed by atoms with E-state index in [1.54, 1.807) is 5.01 Å². The molecule has 0 atom stereocenters. The Hall–Kier alpha value is -2.16. The molecule has 0 unspecified atom stereocenters. The van der Waals surface area contributed by atoms with Crippen molar-refractivity contribution in [1.82, 2.24) is 5.01 Å². The van der Waals surface area contributed by atoms with Crippen LogP contribution >= 0.6 is 0 Å². The third-order valence-corrected chi connectivity index (χ3v) is 3.71. The van der Waals surface area contributed by atoms with Gasteiger partial charge in [0, 0.05) is 9.43 Å². The summed E-state index contributed by atoms with van der Waals surface area (Å²) < 4.78 is 30.8. The number of hydrogen-bond acceptors (Lipinski definition) is 5. The lowest BCUT2D eigenvalue weighted by molar-refractivity contribution is 0.0353. The van der Waals surface area contributed by atoms with Crippen LogP contribution in [-0.4, -0.2) is 39.7 Å². The molecule has 0 aromatic heterocycles. The fourth-order valence-corrected chi connectivity index (χ4v) is 2.21. The highest BCUT2D eigenvalue weighted by molar-refractivity contribution is 7.90. The van der Waals surface area contributed by atoms with Crippen molar-refractivity contribution in [2.75, 3.05) is 26.3 Å². The number of benzene rings is 1. The van der Waals surface area contributed by atoms with Crippen LogP contribution in [0, 0.1) is 0 Å². The molecule has 1 aromatic rings. The first-order valence-electron chi connectivity index (χ1n) is 5.77. The molecule has 2 rings (SSSR count). The molecule has 0 saturated carbocycles. The van der Waals surface area contributed by atoms with Crippen LogP contribution in [0.1, 0.15) is 0 Å². The van der Waals surface area contributed by atoms with Gasteiger partial charge >= 0.3 is 0 Å². The fraction of sp³-hybridized carbons (Fsp3) is 0.400. The third kappa shape index (κ3) is 3.67. The normalized spacial score (nSPS) is 16.1. The number of sulfonamides is 1. The maximum atomic E-state index is 11.5. The number of rotatable bonds is 4. The summed E-state index contributed by atoms with van der Waals surface area (Å²) in [6.07, 6.45) is 0. The Balaban J connectivity index is 2.08. The Labute approximate surface area is 115 Å². The second kappa shape index (κ2) is 6.33. The lowest BCUT2D eigenvalue weighted by Crippen LogP contribution is -2.31. The minimum Gasteiger partial charge on any atom is -0.378 e. The van der Waals surface area contributed by atoms with E-state index in [2.05, 4.69) is 19.8 Å². The number of nitrogens with zero attached hydrogens (tertiary/aromatic N) is 6. The zero-order chi connectivity index (χ0) is 14.4. The van der Waals surface area contributed by atoms with Gasteiger partial charge in [-0.05, 0) is 29.8 Å². The van der Waals surface area contributed by atoms with Gasteiger partial charge in [-0.25, -0.2) is 8.42 Å². The lowest BCUT2D eigenvalue weighted by atomic mass is 10.3. The predicted molar refractivity (Wildman–Crippen MR) is 69.7 cm³/mol. The van der Waals surface area contributed by atoms with E-state index in [9.17, 15) is 8.42 Å². The SMILES string of the molecule is [N-]=[N+]=NS(=O)(=O)c1ccc(N=NN2CCOCC2)cc1. The Kier molecular flexibility index (Phi) is 4.51. The molecule has 10 heteroatoms. The molecule has 1 aromatic carbocycles. The van der Waals surface area contributed by atoms with Gasteiger partial charge in [0.25, 0.3) is 10.0 Å². The van der Waals surface area contributed by atoms with Crippen molar-refractivity contribution < 1.29 is 13.2 Å². The number of ether oxygens (including phenoxy) is 1. The van der Waals surface area contributed by atoms with E-state index in [0.717, 1.165) is 0 Å². The molecule has 0 N–H and O–H groups in total. The highest BCUT2D eigenvalue weighted by atomic mass is 32.2. The summed E-state index contributed by atoms with van der Waals surface area (Å²) in [5, 5.41) is 9.80. The van der Waals surface area contributed by atoms with Crippen LogP contribution in [0.25, 0.3) is 10.4 Å². The molecule has 20 heavy (non-hydrogen) atoms. The summed E-state index contributed by atoms with van der Waals surface area (Å²) in [7, 11) is -3.95. The highest BCUT2D eigenvalue weighted by Gasteiger charge is 2.11. The van der Waals surface area contributed by atoms with Crippen LogP contribution < -0.4 is 0 Å². The summed E-state index contributed by atoms with van der Waals surface area (Å²) in [5.41, 5.74) is 8.69. The molecule has 106 valence electrons. The van der Waals surface area contributed by atoms with Crippen molar-refractivity contribution in [2.24, 2.45) is 14.9 Å². The van der Waals surface area contributed by atoms with Gasteiger partial charge in [-0.2, -0.15) is 0 Å². The topological polar surface area (TPSA) is 120 Å². The van der Waals surface area contributed by atoms with Gasteiger partial charge in [0.2, 0.25) is 0 Å². The zero-order valence-corrected chi connectivity index (χ0v) is 11.3. The van der Waals surface area contributed by atoms with Gasteiger partial charge in [-0.1, -0.05) is 5.22 Å². The molecule has 1 aliphatic rings. The molecular formula is C10H12N6O3S. The maximum Gasteiger partial charge on any atom is 0.264 e. The quantitative estimate of drug-likeness (QED) is 0.479. The number of hydrogen-bond donors (Lipinski definition) is 0. The molecule has 0 spiro atoms. The average molecular weight is 296 g/mol. The van der Waals surface area contributed by atoms with Gasteiger partial charge in [-0.15, -0.1) is 5.11 Å². The molecule has 9 nitrogen and oxygen atoms in total.